The predicted octanol–water partition coefficient (Wildman–Crippen LogP) is 3.63. The molecular formula is C18H21FN2O2. The first-order chi connectivity index (χ1) is 11.1. The number of likely N-dealkylation sites (tertiary alicyclic amines) is 1. The molecule has 0 aliphatic carbocycles. The highest BCUT2D eigenvalue weighted by molar-refractivity contribution is 5.65. The van der Waals surface area contributed by atoms with Crippen molar-refractivity contribution >= 4 is 6.09 Å². The van der Waals surface area contributed by atoms with Gasteiger partial charge in [-0.25, -0.2) is 9.18 Å². The van der Waals surface area contributed by atoms with Gasteiger partial charge in [0, 0.05) is 32.0 Å². The van der Waals surface area contributed by atoms with Gasteiger partial charge in [-0.3, -0.25) is 0 Å². The summed E-state index contributed by atoms with van der Waals surface area (Å²) in [4.78, 5) is 12.6. The van der Waals surface area contributed by atoms with Crippen LogP contribution in [0, 0.1) is 11.2 Å². The van der Waals surface area contributed by atoms with E-state index in [0.29, 0.717) is 13.1 Å². The van der Waals surface area contributed by atoms with Crippen molar-refractivity contribution in [2.45, 2.75) is 25.8 Å². The van der Waals surface area contributed by atoms with Crippen LogP contribution >= 0.6 is 0 Å². The first kappa shape index (κ1) is 15.6. The quantitative estimate of drug-likeness (QED) is 0.936. The molecule has 1 aromatic heterocycles. The number of piperidine rings is 1. The van der Waals surface area contributed by atoms with Crippen molar-refractivity contribution in [3.63, 3.8) is 0 Å². The minimum absolute atomic E-state index is 0.00278. The number of benzene rings is 1. The highest BCUT2D eigenvalue weighted by Gasteiger charge is 2.36. The standard InChI is InChI=1S/C18H21FN2O2/c19-16-5-3-15(4-6-16)13-18(14-20-9-1-2-10-20)7-11-21(12-8-18)17(22)23/h1-6,9-10H,7-8,11-14H2,(H,22,23). The number of hydrogen-bond donors (Lipinski definition) is 1. The van der Waals surface area contributed by atoms with E-state index in [9.17, 15) is 9.18 Å². The monoisotopic (exact) mass is 316 g/mol. The molecule has 23 heavy (non-hydrogen) atoms. The van der Waals surface area contributed by atoms with Crippen LogP contribution in [0.3, 0.4) is 0 Å². The Kier molecular flexibility index (Phi) is 4.37. The lowest BCUT2D eigenvalue weighted by atomic mass is 9.73. The number of carboxylic acid groups (broad SMARTS) is 1. The number of nitrogens with zero attached hydrogens (tertiary/aromatic N) is 2. The Labute approximate surface area is 135 Å². The van der Waals surface area contributed by atoms with E-state index in [1.165, 1.54) is 17.0 Å². The fraction of sp³-hybridized carbons (Fsp3) is 0.389. The van der Waals surface area contributed by atoms with Crippen molar-refractivity contribution < 1.29 is 14.3 Å². The zero-order valence-electron chi connectivity index (χ0n) is 13.0. The van der Waals surface area contributed by atoms with Crippen LogP contribution in [-0.2, 0) is 13.0 Å². The van der Waals surface area contributed by atoms with E-state index in [1.54, 1.807) is 0 Å². The van der Waals surface area contributed by atoms with Gasteiger partial charge in [0.15, 0.2) is 0 Å². The number of carbonyl (C=O) groups is 1. The molecule has 1 saturated heterocycles. The lowest BCUT2D eigenvalue weighted by Crippen LogP contribution is -2.45. The van der Waals surface area contributed by atoms with Crippen LogP contribution in [0.15, 0.2) is 48.8 Å². The van der Waals surface area contributed by atoms with Gasteiger partial charge >= 0.3 is 6.09 Å². The Hall–Kier alpha value is -2.30. The van der Waals surface area contributed by atoms with Gasteiger partial charge in [-0.05, 0) is 54.5 Å². The molecule has 1 aliphatic rings. The molecule has 2 aromatic rings. The first-order valence-electron chi connectivity index (χ1n) is 7.89. The van der Waals surface area contributed by atoms with Crippen molar-refractivity contribution in [2.24, 2.45) is 5.41 Å². The van der Waals surface area contributed by atoms with E-state index in [4.69, 9.17) is 5.11 Å². The van der Waals surface area contributed by atoms with E-state index in [0.717, 1.165) is 31.4 Å². The van der Waals surface area contributed by atoms with Crippen LogP contribution in [-0.4, -0.2) is 33.8 Å². The molecule has 1 aromatic carbocycles. The molecule has 122 valence electrons. The molecule has 5 heteroatoms. The molecule has 0 spiro atoms. The summed E-state index contributed by atoms with van der Waals surface area (Å²) >= 11 is 0. The van der Waals surface area contributed by atoms with Gasteiger partial charge in [0.1, 0.15) is 5.82 Å². The Morgan fingerprint density at radius 2 is 1.74 bits per heavy atom. The van der Waals surface area contributed by atoms with Gasteiger partial charge in [-0.1, -0.05) is 12.1 Å². The lowest BCUT2D eigenvalue weighted by molar-refractivity contribution is 0.0783. The molecule has 0 radical (unpaired) electrons. The zero-order chi connectivity index (χ0) is 16.3. The maximum Gasteiger partial charge on any atom is 0.407 e. The highest BCUT2D eigenvalue weighted by Crippen LogP contribution is 2.37. The van der Waals surface area contributed by atoms with Crippen molar-refractivity contribution in [2.75, 3.05) is 13.1 Å². The Bertz CT molecular complexity index is 644. The summed E-state index contributed by atoms with van der Waals surface area (Å²) in [6.45, 7) is 1.96. The molecule has 3 rings (SSSR count). The topological polar surface area (TPSA) is 45.5 Å². The molecule has 1 amide bonds. The Morgan fingerprint density at radius 1 is 1.13 bits per heavy atom. The molecule has 1 fully saturated rings. The lowest BCUT2D eigenvalue weighted by Gasteiger charge is -2.41. The van der Waals surface area contributed by atoms with Gasteiger partial charge in [0.25, 0.3) is 0 Å². The predicted molar refractivity (Wildman–Crippen MR) is 85.8 cm³/mol. The van der Waals surface area contributed by atoms with Crippen LogP contribution in [0.1, 0.15) is 18.4 Å². The fourth-order valence-electron chi connectivity index (χ4n) is 3.46. The zero-order valence-corrected chi connectivity index (χ0v) is 13.0. The maximum absolute atomic E-state index is 13.1. The fourth-order valence-corrected chi connectivity index (χ4v) is 3.46. The molecule has 0 atom stereocenters. The summed E-state index contributed by atoms with van der Waals surface area (Å²) in [5.41, 5.74) is 1.10. The highest BCUT2D eigenvalue weighted by atomic mass is 19.1. The third kappa shape index (κ3) is 3.73. The van der Waals surface area contributed by atoms with Crippen LogP contribution in [0.25, 0.3) is 0 Å². The maximum atomic E-state index is 13.1. The normalized spacial score (nSPS) is 17.2. The smallest absolute Gasteiger partial charge is 0.407 e. The summed E-state index contributed by atoms with van der Waals surface area (Å²) in [5.74, 6) is -0.228. The molecule has 0 bridgehead atoms. The van der Waals surface area contributed by atoms with E-state index in [2.05, 4.69) is 4.57 Å². The van der Waals surface area contributed by atoms with Crippen LogP contribution in [0.2, 0.25) is 0 Å². The van der Waals surface area contributed by atoms with Gasteiger partial charge in [-0.15, -0.1) is 0 Å². The summed E-state index contributed by atoms with van der Waals surface area (Å²) < 4.78 is 15.3. The summed E-state index contributed by atoms with van der Waals surface area (Å²) in [6, 6.07) is 10.6. The molecule has 4 nitrogen and oxygen atoms in total. The van der Waals surface area contributed by atoms with Crippen molar-refractivity contribution in [3.05, 3.63) is 60.2 Å². The van der Waals surface area contributed by atoms with Crippen molar-refractivity contribution in [1.29, 1.82) is 0 Å². The van der Waals surface area contributed by atoms with Gasteiger partial charge < -0.3 is 14.6 Å². The van der Waals surface area contributed by atoms with Gasteiger partial charge in [0.05, 0.1) is 0 Å². The molecule has 0 unspecified atom stereocenters. The number of amides is 1. The third-order valence-corrected chi connectivity index (χ3v) is 4.77. The Balaban J connectivity index is 1.79. The van der Waals surface area contributed by atoms with Gasteiger partial charge in [-0.2, -0.15) is 0 Å². The number of aromatic nitrogens is 1. The second-order valence-electron chi connectivity index (χ2n) is 6.43. The van der Waals surface area contributed by atoms with Gasteiger partial charge in [0.2, 0.25) is 0 Å². The summed E-state index contributed by atoms with van der Waals surface area (Å²) in [5, 5.41) is 9.16. The SMILES string of the molecule is O=C(O)N1CCC(Cc2ccc(F)cc2)(Cn2cccc2)CC1. The number of halogens is 1. The second-order valence-corrected chi connectivity index (χ2v) is 6.43. The summed E-state index contributed by atoms with van der Waals surface area (Å²) in [6.07, 6.45) is 5.69. The molecule has 1 aliphatic heterocycles. The third-order valence-electron chi connectivity index (χ3n) is 4.77. The van der Waals surface area contributed by atoms with Crippen LogP contribution in [0.4, 0.5) is 9.18 Å². The van der Waals surface area contributed by atoms with E-state index >= 15 is 0 Å². The van der Waals surface area contributed by atoms with Crippen molar-refractivity contribution in [3.8, 4) is 0 Å². The largest absolute Gasteiger partial charge is 0.465 e. The van der Waals surface area contributed by atoms with Crippen molar-refractivity contribution in [1.82, 2.24) is 9.47 Å². The number of hydrogen-bond acceptors (Lipinski definition) is 1. The van der Waals surface area contributed by atoms with E-state index < -0.39 is 6.09 Å². The second kappa shape index (κ2) is 6.44. The molecular weight excluding hydrogens is 295 g/mol. The van der Waals surface area contributed by atoms with E-state index in [-0.39, 0.29) is 11.2 Å². The minimum atomic E-state index is -0.846. The Morgan fingerprint density at radius 3 is 2.30 bits per heavy atom. The van der Waals surface area contributed by atoms with Crippen LogP contribution < -0.4 is 0 Å². The number of rotatable bonds is 4. The average molecular weight is 316 g/mol. The first-order valence-corrected chi connectivity index (χ1v) is 7.89. The molecule has 2 heterocycles. The molecule has 1 N–H and O–H groups in total. The van der Waals surface area contributed by atoms with Crippen LogP contribution in [0.5, 0.6) is 0 Å². The van der Waals surface area contributed by atoms with E-state index in [1.807, 2.05) is 36.7 Å². The average Bonchev–Trinajstić information content (AvgIpc) is 3.03. The molecule has 0 saturated carbocycles. The minimum Gasteiger partial charge on any atom is -0.465 e. The summed E-state index contributed by atoms with van der Waals surface area (Å²) in [7, 11) is 0.